The average molecular weight is 330 g/mol. The van der Waals surface area contributed by atoms with Crippen LogP contribution in [0.25, 0.3) is 0 Å². The van der Waals surface area contributed by atoms with Crippen molar-refractivity contribution in [3.63, 3.8) is 0 Å². The first kappa shape index (κ1) is 18.1. The monoisotopic (exact) mass is 330 g/mol. The van der Waals surface area contributed by atoms with E-state index in [1.807, 2.05) is 19.1 Å². The molecule has 24 heavy (non-hydrogen) atoms. The van der Waals surface area contributed by atoms with Crippen molar-refractivity contribution in [3.8, 4) is 0 Å². The van der Waals surface area contributed by atoms with Gasteiger partial charge in [0.1, 0.15) is 11.9 Å². The molecule has 5 heteroatoms. The van der Waals surface area contributed by atoms with E-state index in [-0.39, 0.29) is 17.9 Å². The number of nitrogens with one attached hydrogen (secondary N) is 2. The Bertz CT molecular complexity index is 672. The summed E-state index contributed by atoms with van der Waals surface area (Å²) in [4.78, 5) is 12.4. The van der Waals surface area contributed by atoms with Crippen LogP contribution in [-0.4, -0.2) is 24.1 Å². The molecular formula is C19H26N2O3. The smallest absolute Gasteiger partial charge is 0.251 e. The van der Waals surface area contributed by atoms with Crippen molar-refractivity contribution in [2.45, 2.75) is 33.8 Å². The molecule has 1 aromatic carbocycles. The standard InChI is InChI=1S/C19H26N2O3/c1-13-14(7-5-8-15(13)21-12-19(2,3)4)18(23)20-11-16(22)17-9-6-10-24-17/h5-10,16,21-22H,11-12H2,1-4H3,(H,20,23)/t16-/m1/s1. The van der Waals surface area contributed by atoms with Crippen LogP contribution in [0.5, 0.6) is 0 Å². The first-order chi connectivity index (χ1) is 11.3. The highest BCUT2D eigenvalue weighted by atomic mass is 16.4. The molecule has 0 unspecified atom stereocenters. The zero-order valence-electron chi connectivity index (χ0n) is 14.7. The van der Waals surface area contributed by atoms with Gasteiger partial charge in [-0.1, -0.05) is 26.8 Å². The summed E-state index contributed by atoms with van der Waals surface area (Å²) in [7, 11) is 0. The second kappa shape index (κ2) is 7.53. The van der Waals surface area contributed by atoms with E-state index in [1.165, 1.54) is 6.26 Å². The van der Waals surface area contributed by atoms with Gasteiger partial charge in [0.25, 0.3) is 5.91 Å². The number of benzene rings is 1. The maximum Gasteiger partial charge on any atom is 0.251 e. The molecule has 3 N–H and O–H groups in total. The van der Waals surface area contributed by atoms with Gasteiger partial charge in [-0.2, -0.15) is 0 Å². The van der Waals surface area contributed by atoms with Crippen molar-refractivity contribution in [1.29, 1.82) is 0 Å². The largest absolute Gasteiger partial charge is 0.467 e. The summed E-state index contributed by atoms with van der Waals surface area (Å²) in [6, 6.07) is 8.99. The molecule has 2 rings (SSSR count). The highest BCUT2D eigenvalue weighted by molar-refractivity contribution is 5.97. The van der Waals surface area contributed by atoms with Gasteiger partial charge in [-0.05, 0) is 42.2 Å². The van der Waals surface area contributed by atoms with E-state index < -0.39 is 6.10 Å². The van der Waals surface area contributed by atoms with Gasteiger partial charge >= 0.3 is 0 Å². The SMILES string of the molecule is Cc1c(NCC(C)(C)C)cccc1C(=O)NC[C@@H](O)c1ccco1. The molecular weight excluding hydrogens is 304 g/mol. The van der Waals surface area contributed by atoms with Crippen LogP contribution in [0.15, 0.2) is 41.0 Å². The van der Waals surface area contributed by atoms with Crippen LogP contribution < -0.4 is 10.6 Å². The Labute approximate surface area is 143 Å². The molecule has 0 spiro atoms. The minimum absolute atomic E-state index is 0.103. The minimum atomic E-state index is -0.855. The fourth-order valence-electron chi connectivity index (χ4n) is 2.30. The number of rotatable bonds is 6. The van der Waals surface area contributed by atoms with Crippen LogP contribution in [0.2, 0.25) is 0 Å². The number of aliphatic hydroxyl groups is 1. The Kier molecular flexibility index (Phi) is 5.67. The van der Waals surface area contributed by atoms with Gasteiger partial charge in [0.05, 0.1) is 12.8 Å². The topological polar surface area (TPSA) is 74.5 Å². The van der Waals surface area contributed by atoms with Gasteiger partial charge in [-0.25, -0.2) is 0 Å². The van der Waals surface area contributed by atoms with Crippen molar-refractivity contribution >= 4 is 11.6 Å². The van der Waals surface area contributed by atoms with Gasteiger partial charge in [0.15, 0.2) is 0 Å². The van der Waals surface area contributed by atoms with Gasteiger partial charge in [0, 0.05) is 17.8 Å². The molecule has 0 aliphatic heterocycles. The molecule has 1 aromatic heterocycles. The Morgan fingerprint density at radius 3 is 2.62 bits per heavy atom. The molecule has 2 aromatic rings. The molecule has 0 saturated carbocycles. The van der Waals surface area contributed by atoms with E-state index in [9.17, 15) is 9.90 Å². The average Bonchev–Trinajstić information content (AvgIpc) is 3.05. The first-order valence-electron chi connectivity index (χ1n) is 8.11. The maximum atomic E-state index is 12.4. The molecule has 5 nitrogen and oxygen atoms in total. The van der Waals surface area contributed by atoms with E-state index in [4.69, 9.17) is 4.42 Å². The Morgan fingerprint density at radius 2 is 2.00 bits per heavy atom. The first-order valence-corrected chi connectivity index (χ1v) is 8.11. The third-order valence-corrected chi connectivity index (χ3v) is 3.72. The van der Waals surface area contributed by atoms with Gasteiger partial charge in [-0.15, -0.1) is 0 Å². The summed E-state index contributed by atoms with van der Waals surface area (Å²) >= 11 is 0. The number of hydrogen-bond donors (Lipinski definition) is 3. The van der Waals surface area contributed by atoms with Crippen LogP contribution in [0.3, 0.4) is 0 Å². The lowest BCUT2D eigenvalue weighted by Gasteiger charge is -2.21. The zero-order chi connectivity index (χ0) is 17.7. The quantitative estimate of drug-likeness (QED) is 0.758. The third kappa shape index (κ3) is 4.86. The minimum Gasteiger partial charge on any atom is -0.467 e. The lowest BCUT2D eigenvalue weighted by atomic mass is 9.96. The van der Waals surface area contributed by atoms with Crippen molar-refractivity contribution < 1.29 is 14.3 Å². The van der Waals surface area contributed by atoms with Gasteiger partial charge in [-0.3, -0.25) is 4.79 Å². The van der Waals surface area contributed by atoms with Crippen LogP contribution in [0.1, 0.15) is 48.6 Å². The van der Waals surface area contributed by atoms with Crippen molar-refractivity contribution in [3.05, 3.63) is 53.5 Å². The molecule has 1 amide bonds. The summed E-state index contributed by atoms with van der Waals surface area (Å²) in [5.74, 6) is 0.227. The Morgan fingerprint density at radius 1 is 1.25 bits per heavy atom. The van der Waals surface area contributed by atoms with Crippen LogP contribution in [0.4, 0.5) is 5.69 Å². The number of anilines is 1. The Balaban J connectivity index is 2.01. The summed E-state index contributed by atoms with van der Waals surface area (Å²) in [6.45, 7) is 9.30. The fourth-order valence-corrected chi connectivity index (χ4v) is 2.30. The number of carbonyl (C=O) groups excluding carboxylic acids is 1. The number of carbonyl (C=O) groups is 1. The molecule has 0 aliphatic rings. The van der Waals surface area contributed by atoms with E-state index in [1.54, 1.807) is 18.2 Å². The normalized spacial score (nSPS) is 12.7. The Hall–Kier alpha value is -2.27. The van der Waals surface area contributed by atoms with E-state index in [2.05, 4.69) is 31.4 Å². The summed E-state index contributed by atoms with van der Waals surface area (Å²) in [5, 5.41) is 16.1. The van der Waals surface area contributed by atoms with Crippen LogP contribution in [-0.2, 0) is 0 Å². The molecule has 130 valence electrons. The van der Waals surface area contributed by atoms with Crippen molar-refractivity contribution in [2.75, 3.05) is 18.4 Å². The highest BCUT2D eigenvalue weighted by Gasteiger charge is 2.16. The van der Waals surface area contributed by atoms with Crippen molar-refractivity contribution in [2.24, 2.45) is 5.41 Å². The predicted octanol–water partition coefficient (Wildman–Crippen LogP) is 3.51. The number of amides is 1. The molecule has 1 heterocycles. The predicted molar refractivity (Wildman–Crippen MR) is 95.1 cm³/mol. The van der Waals surface area contributed by atoms with Crippen LogP contribution in [0, 0.1) is 12.3 Å². The maximum absolute atomic E-state index is 12.4. The third-order valence-electron chi connectivity index (χ3n) is 3.72. The fraction of sp³-hybridized carbons (Fsp3) is 0.421. The second-order valence-corrected chi connectivity index (χ2v) is 7.13. The number of aliphatic hydroxyl groups excluding tert-OH is 1. The highest BCUT2D eigenvalue weighted by Crippen LogP contribution is 2.22. The lowest BCUT2D eigenvalue weighted by Crippen LogP contribution is -2.29. The van der Waals surface area contributed by atoms with E-state index >= 15 is 0 Å². The summed E-state index contributed by atoms with van der Waals surface area (Å²) in [5.41, 5.74) is 2.59. The lowest BCUT2D eigenvalue weighted by molar-refractivity contribution is 0.0900. The molecule has 1 atom stereocenters. The number of hydrogen-bond acceptors (Lipinski definition) is 4. The molecule has 0 saturated heterocycles. The number of furan rings is 1. The summed E-state index contributed by atoms with van der Waals surface area (Å²) in [6.07, 6.45) is 0.640. The van der Waals surface area contributed by atoms with E-state index in [0.29, 0.717) is 11.3 Å². The summed E-state index contributed by atoms with van der Waals surface area (Å²) < 4.78 is 5.13. The van der Waals surface area contributed by atoms with E-state index in [0.717, 1.165) is 17.8 Å². The van der Waals surface area contributed by atoms with Gasteiger partial charge in [0.2, 0.25) is 0 Å². The molecule has 0 fully saturated rings. The molecule has 0 radical (unpaired) electrons. The second-order valence-electron chi connectivity index (χ2n) is 7.13. The molecule has 0 aliphatic carbocycles. The van der Waals surface area contributed by atoms with Gasteiger partial charge < -0.3 is 20.2 Å². The zero-order valence-corrected chi connectivity index (χ0v) is 14.7. The van der Waals surface area contributed by atoms with Crippen molar-refractivity contribution in [1.82, 2.24) is 5.32 Å². The van der Waals surface area contributed by atoms with Crippen LogP contribution >= 0.6 is 0 Å². The molecule has 0 bridgehead atoms.